The average Bonchev–Trinajstić information content (AvgIpc) is 2.89. The quantitative estimate of drug-likeness (QED) is 0.239. The first-order valence-electron chi connectivity index (χ1n) is 15.5. The third kappa shape index (κ3) is 8.36. The predicted molar refractivity (Wildman–Crippen MR) is 163 cm³/mol. The largest absolute Gasteiger partial charge is 0.195 e. The van der Waals surface area contributed by atoms with Crippen LogP contribution in [0.15, 0.2) is 53.5 Å². The van der Waals surface area contributed by atoms with Crippen LogP contribution in [0.1, 0.15) is 132 Å². The van der Waals surface area contributed by atoms with E-state index in [1.165, 1.54) is 127 Å². The van der Waals surface area contributed by atoms with E-state index >= 15 is 0 Å². The Morgan fingerprint density at radius 1 is 0.757 bits per heavy atom. The summed E-state index contributed by atoms with van der Waals surface area (Å²) in [4.78, 5) is 4.15. The molecule has 0 N–H and O–H groups in total. The van der Waals surface area contributed by atoms with Gasteiger partial charge in [0.15, 0.2) is 0 Å². The van der Waals surface area contributed by atoms with Crippen molar-refractivity contribution in [1.29, 1.82) is 0 Å². The molecule has 0 bridgehead atoms. The lowest BCUT2D eigenvalue weighted by atomic mass is 9.60. The lowest BCUT2D eigenvalue weighted by molar-refractivity contribution is 0.0739. The van der Waals surface area contributed by atoms with E-state index < -0.39 is 0 Å². The van der Waals surface area contributed by atoms with Gasteiger partial charge in [0.05, 0.1) is 10.8 Å². The molecule has 4 rings (SSSR count). The Bertz CT molecular complexity index is 963. The van der Waals surface area contributed by atoms with Crippen LogP contribution in [0.5, 0.6) is 0 Å². The van der Waals surface area contributed by atoms with Crippen LogP contribution in [0.3, 0.4) is 0 Å². The Balaban J connectivity index is 1.50. The highest BCUT2D eigenvalue weighted by molar-refractivity contribution is 7.78. The van der Waals surface area contributed by atoms with Crippen LogP contribution in [0.25, 0.3) is 0 Å². The molecule has 2 aromatic rings. The van der Waals surface area contributed by atoms with E-state index in [1.807, 2.05) is 0 Å². The highest BCUT2D eigenvalue weighted by Crippen LogP contribution is 2.51. The fourth-order valence-electron chi connectivity index (χ4n) is 7.38. The number of aryl methyl sites for hydroxylation is 2. The van der Waals surface area contributed by atoms with Crippen molar-refractivity contribution in [2.75, 3.05) is 0 Å². The van der Waals surface area contributed by atoms with Gasteiger partial charge >= 0.3 is 0 Å². The molecule has 2 aromatic carbocycles. The first-order chi connectivity index (χ1) is 18.2. The topological polar surface area (TPSA) is 12.4 Å². The number of hydrogen-bond donors (Lipinski definition) is 0. The van der Waals surface area contributed by atoms with Crippen LogP contribution in [0.4, 0.5) is 5.69 Å². The molecule has 2 fully saturated rings. The molecule has 2 unspecified atom stereocenters. The minimum absolute atomic E-state index is 0.502. The maximum absolute atomic E-state index is 4.79. The third-order valence-electron chi connectivity index (χ3n) is 9.73. The van der Waals surface area contributed by atoms with E-state index in [9.17, 15) is 0 Å². The lowest BCUT2D eigenvalue weighted by Crippen LogP contribution is -2.34. The summed E-state index contributed by atoms with van der Waals surface area (Å²) in [7, 11) is 0. The molecule has 0 aromatic heterocycles. The first kappa shape index (κ1) is 28.3. The average molecular weight is 516 g/mol. The van der Waals surface area contributed by atoms with Crippen LogP contribution in [0.2, 0.25) is 0 Å². The number of nitrogens with zero attached hydrogens (tertiary/aromatic N) is 1. The normalized spacial score (nSPS) is 23.8. The molecular weight excluding hydrogens is 466 g/mol. The molecule has 0 aliphatic heterocycles. The summed E-state index contributed by atoms with van der Waals surface area (Å²) in [6.07, 6.45) is 24.9. The van der Waals surface area contributed by atoms with E-state index in [0.29, 0.717) is 5.41 Å². The summed E-state index contributed by atoms with van der Waals surface area (Å²) in [5.74, 6) is 1.64. The highest BCUT2D eigenvalue weighted by atomic mass is 32.1. The van der Waals surface area contributed by atoms with Gasteiger partial charge < -0.3 is 0 Å². The van der Waals surface area contributed by atoms with Crippen molar-refractivity contribution in [3.05, 3.63) is 65.2 Å². The standard InChI is InChI=1S/C35H49NS/c1-2-3-11-29-15-19-32(20-16-29)31-12-9-10-25-35(27-24-31,33-13-7-5-4-6-8-14-33)26-23-30-17-21-34(22-18-30)36-28-37/h15-22,31,33H,2-14,23-27H2,1H3. The van der Waals surface area contributed by atoms with Gasteiger partial charge in [-0.2, -0.15) is 4.99 Å². The smallest absolute Gasteiger partial charge is 0.0739 e. The van der Waals surface area contributed by atoms with Gasteiger partial charge in [-0.25, -0.2) is 0 Å². The molecule has 2 heteroatoms. The highest BCUT2D eigenvalue weighted by Gasteiger charge is 2.38. The van der Waals surface area contributed by atoms with Gasteiger partial charge in [0.25, 0.3) is 0 Å². The van der Waals surface area contributed by atoms with Crippen LogP contribution in [0, 0.1) is 11.3 Å². The summed E-state index contributed by atoms with van der Waals surface area (Å²) < 4.78 is 0. The van der Waals surface area contributed by atoms with Crippen molar-refractivity contribution in [2.24, 2.45) is 16.3 Å². The van der Waals surface area contributed by atoms with Gasteiger partial charge in [0, 0.05) is 0 Å². The van der Waals surface area contributed by atoms with Gasteiger partial charge in [-0.15, -0.1) is 0 Å². The number of thiocarbonyl (C=S) groups is 1. The van der Waals surface area contributed by atoms with Crippen molar-refractivity contribution < 1.29 is 0 Å². The number of aliphatic imine (C=N–C) groups is 1. The maximum Gasteiger partial charge on any atom is 0.0739 e. The molecule has 2 saturated carbocycles. The van der Waals surface area contributed by atoms with Crippen LogP contribution in [-0.2, 0) is 12.8 Å². The van der Waals surface area contributed by atoms with E-state index in [0.717, 1.165) is 17.5 Å². The minimum atomic E-state index is 0.502. The molecule has 2 atom stereocenters. The van der Waals surface area contributed by atoms with Crippen LogP contribution >= 0.6 is 12.2 Å². The lowest BCUT2D eigenvalue weighted by Gasteiger charge is -2.45. The molecule has 0 spiro atoms. The monoisotopic (exact) mass is 515 g/mol. The Morgan fingerprint density at radius 3 is 2.11 bits per heavy atom. The zero-order chi connectivity index (χ0) is 25.8. The number of benzene rings is 2. The van der Waals surface area contributed by atoms with Gasteiger partial charge in [0.1, 0.15) is 0 Å². The number of rotatable bonds is 9. The van der Waals surface area contributed by atoms with E-state index in [2.05, 4.69) is 65.6 Å². The zero-order valence-electron chi connectivity index (χ0n) is 23.4. The molecule has 37 heavy (non-hydrogen) atoms. The first-order valence-corrected chi connectivity index (χ1v) is 15.9. The van der Waals surface area contributed by atoms with E-state index in [4.69, 9.17) is 12.2 Å². The summed E-state index contributed by atoms with van der Waals surface area (Å²) in [5, 5.41) is 2.50. The number of hydrogen-bond acceptors (Lipinski definition) is 2. The van der Waals surface area contributed by atoms with Crippen LogP contribution < -0.4 is 0 Å². The van der Waals surface area contributed by atoms with Gasteiger partial charge in [-0.3, -0.25) is 0 Å². The maximum atomic E-state index is 4.79. The van der Waals surface area contributed by atoms with Crippen molar-refractivity contribution in [2.45, 2.75) is 128 Å². The Labute approximate surface area is 232 Å². The summed E-state index contributed by atoms with van der Waals surface area (Å²) >= 11 is 4.79. The summed E-state index contributed by atoms with van der Waals surface area (Å²) in [6, 6.07) is 18.5. The van der Waals surface area contributed by atoms with Gasteiger partial charge in [0.2, 0.25) is 0 Å². The third-order valence-corrected chi connectivity index (χ3v) is 9.82. The zero-order valence-corrected chi connectivity index (χ0v) is 24.2. The molecular formula is C35H49NS. The second-order valence-electron chi connectivity index (χ2n) is 12.1. The molecule has 0 amide bonds. The van der Waals surface area contributed by atoms with Gasteiger partial charge in [-0.1, -0.05) is 94.7 Å². The van der Waals surface area contributed by atoms with Gasteiger partial charge in [-0.05, 0) is 122 Å². The van der Waals surface area contributed by atoms with Crippen molar-refractivity contribution in [1.82, 2.24) is 0 Å². The predicted octanol–water partition coefficient (Wildman–Crippen LogP) is 11.2. The van der Waals surface area contributed by atoms with Crippen molar-refractivity contribution >= 4 is 23.1 Å². The van der Waals surface area contributed by atoms with Crippen molar-refractivity contribution in [3.63, 3.8) is 0 Å². The molecule has 2 aliphatic rings. The summed E-state index contributed by atoms with van der Waals surface area (Å²) in [6.45, 7) is 2.29. The number of unbranched alkanes of at least 4 members (excludes halogenated alkanes) is 1. The fraction of sp³-hybridized carbons (Fsp3) is 0.629. The number of isothiocyanates is 1. The Kier molecular flexibility index (Phi) is 11.4. The second kappa shape index (κ2) is 15.0. The summed E-state index contributed by atoms with van der Waals surface area (Å²) in [5.41, 5.74) is 5.99. The molecule has 0 saturated heterocycles. The SMILES string of the molecule is CCCCc1ccc(C2CCCCC(CCc3ccc(N=C=S)cc3)(C3CCCCCCC3)CC2)cc1. The molecule has 0 radical (unpaired) electrons. The fourth-order valence-corrected chi connectivity index (χ4v) is 7.49. The molecule has 0 heterocycles. The molecule has 2 aliphatic carbocycles. The molecule has 1 nitrogen and oxygen atoms in total. The Hall–Kier alpha value is -1.76. The van der Waals surface area contributed by atoms with E-state index in [1.54, 1.807) is 5.56 Å². The van der Waals surface area contributed by atoms with Crippen LogP contribution in [-0.4, -0.2) is 5.16 Å². The minimum Gasteiger partial charge on any atom is -0.195 e. The molecule has 200 valence electrons. The van der Waals surface area contributed by atoms with E-state index in [-0.39, 0.29) is 0 Å². The second-order valence-corrected chi connectivity index (χ2v) is 12.3. The Morgan fingerprint density at radius 2 is 1.41 bits per heavy atom. The van der Waals surface area contributed by atoms with Crippen molar-refractivity contribution in [3.8, 4) is 0 Å².